The van der Waals surface area contributed by atoms with Crippen LogP contribution in [0.5, 0.6) is 5.75 Å². The van der Waals surface area contributed by atoms with Gasteiger partial charge < -0.3 is 15.2 Å². The number of esters is 1. The molecule has 0 aliphatic carbocycles. The van der Waals surface area contributed by atoms with Crippen molar-refractivity contribution in [1.82, 2.24) is 0 Å². The second-order valence-corrected chi connectivity index (χ2v) is 3.82. The second-order valence-electron chi connectivity index (χ2n) is 2.97. The monoisotopic (exact) mass is 309 g/mol. The molecule has 0 fully saturated rings. The van der Waals surface area contributed by atoms with Crippen molar-refractivity contribution in [2.24, 2.45) is 0 Å². The lowest BCUT2D eigenvalue weighted by Crippen LogP contribution is -2.10. The van der Waals surface area contributed by atoms with Crippen molar-refractivity contribution in [1.29, 1.82) is 0 Å². The van der Waals surface area contributed by atoms with Crippen molar-refractivity contribution in [3.05, 3.63) is 22.2 Å². The van der Waals surface area contributed by atoms with E-state index in [9.17, 15) is 13.6 Å². The van der Waals surface area contributed by atoms with Crippen LogP contribution in [0.3, 0.4) is 0 Å². The summed E-state index contributed by atoms with van der Waals surface area (Å²) in [4.78, 5) is 11.5. The molecule has 0 amide bonds. The van der Waals surface area contributed by atoms with Crippen LogP contribution in [0, 0.1) is 0 Å². The van der Waals surface area contributed by atoms with E-state index in [1.165, 1.54) is 6.07 Å². The molecule has 0 aliphatic rings. The molecule has 2 N–H and O–H groups in total. The van der Waals surface area contributed by atoms with Crippen molar-refractivity contribution < 1.29 is 23.0 Å². The minimum Gasteiger partial charge on any atom is -0.462 e. The summed E-state index contributed by atoms with van der Waals surface area (Å²) in [7, 11) is 0. The number of alkyl halides is 2. The van der Waals surface area contributed by atoms with Crippen molar-refractivity contribution >= 4 is 27.6 Å². The third-order valence-electron chi connectivity index (χ3n) is 1.82. The van der Waals surface area contributed by atoms with Gasteiger partial charge in [-0.1, -0.05) is 0 Å². The van der Waals surface area contributed by atoms with Gasteiger partial charge in [-0.3, -0.25) is 0 Å². The lowest BCUT2D eigenvalue weighted by Gasteiger charge is -2.10. The van der Waals surface area contributed by atoms with E-state index in [0.29, 0.717) is 4.47 Å². The van der Waals surface area contributed by atoms with E-state index >= 15 is 0 Å². The molecule has 0 aromatic heterocycles. The molecule has 7 heteroatoms. The highest BCUT2D eigenvalue weighted by molar-refractivity contribution is 9.10. The fraction of sp³-hybridized carbons (Fsp3) is 0.300. The van der Waals surface area contributed by atoms with Crippen LogP contribution in [0.25, 0.3) is 0 Å². The van der Waals surface area contributed by atoms with Crippen LogP contribution in [0.4, 0.5) is 14.5 Å². The predicted molar refractivity (Wildman–Crippen MR) is 61.1 cm³/mol. The van der Waals surface area contributed by atoms with Crippen molar-refractivity contribution in [2.45, 2.75) is 13.5 Å². The molecule has 0 spiro atoms. The average Bonchev–Trinajstić information content (AvgIpc) is 2.22. The highest BCUT2D eigenvalue weighted by Crippen LogP contribution is 2.30. The number of hydrogen-bond donors (Lipinski definition) is 1. The van der Waals surface area contributed by atoms with Gasteiger partial charge in [0, 0.05) is 4.47 Å². The standard InChI is InChI=1S/C10H10BrF2NO3/c1-2-16-9(15)6-3-5(17-10(12)13)4-7(11)8(6)14/h3-4,10H,2,14H2,1H3. The number of rotatable bonds is 4. The van der Waals surface area contributed by atoms with Crippen LogP contribution in [0.15, 0.2) is 16.6 Å². The first kappa shape index (κ1) is 13.7. The zero-order valence-corrected chi connectivity index (χ0v) is 10.5. The van der Waals surface area contributed by atoms with Gasteiger partial charge in [-0.2, -0.15) is 8.78 Å². The molecule has 0 radical (unpaired) electrons. The van der Waals surface area contributed by atoms with Crippen LogP contribution in [-0.4, -0.2) is 19.2 Å². The van der Waals surface area contributed by atoms with Crippen molar-refractivity contribution in [3.63, 3.8) is 0 Å². The Kier molecular flexibility index (Phi) is 4.68. The molecule has 0 heterocycles. The highest BCUT2D eigenvalue weighted by atomic mass is 79.9. The Labute approximate surface area is 105 Å². The third kappa shape index (κ3) is 3.55. The molecular formula is C10H10BrF2NO3. The minimum atomic E-state index is -2.97. The van der Waals surface area contributed by atoms with Gasteiger partial charge in [0.25, 0.3) is 0 Å². The molecule has 4 nitrogen and oxygen atoms in total. The summed E-state index contributed by atoms with van der Waals surface area (Å²) in [6.07, 6.45) is 0. The molecule has 0 saturated carbocycles. The average molecular weight is 310 g/mol. The summed E-state index contributed by atoms with van der Waals surface area (Å²) in [5, 5.41) is 0. The number of anilines is 1. The van der Waals surface area contributed by atoms with Crippen LogP contribution < -0.4 is 10.5 Å². The van der Waals surface area contributed by atoms with Gasteiger partial charge in [-0.05, 0) is 35.0 Å². The normalized spacial score (nSPS) is 10.4. The molecule has 0 aliphatic heterocycles. The molecule has 1 aromatic rings. The summed E-state index contributed by atoms with van der Waals surface area (Å²) >= 11 is 3.05. The molecule has 0 bridgehead atoms. The van der Waals surface area contributed by atoms with E-state index in [2.05, 4.69) is 20.7 Å². The first-order valence-corrected chi connectivity index (χ1v) is 5.46. The Morgan fingerprint density at radius 3 is 2.71 bits per heavy atom. The van der Waals surface area contributed by atoms with Crippen LogP contribution in [0.2, 0.25) is 0 Å². The van der Waals surface area contributed by atoms with E-state index in [-0.39, 0.29) is 23.6 Å². The number of hydrogen-bond acceptors (Lipinski definition) is 4. The van der Waals surface area contributed by atoms with E-state index in [1.54, 1.807) is 6.92 Å². The number of carbonyl (C=O) groups excluding carboxylic acids is 1. The predicted octanol–water partition coefficient (Wildman–Crippen LogP) is 2.81. The summed E-state index contributed by atoms with van der Waals surface area (Å²) in [6, 6.07) is 2.37. The largest absolute Gasteiger partial charge is 0.462 e. The van der Waals surface area contributed by atoms with Gasteiger partial charge >= 0.3 is 12.6 Å². The molecule has 0 saturated heterocycles. The van der Waals surface area contributed by atoms with Crippen LogP contribution in [0.1, 0.15) is 17.3 Å². The molecular weight excluding hydrogens is 300 g/mol. The Hall–Kier alpha value is -1.37. The molecule has 94 valence electrons. The Bertz CT molecular complexity index is 426. The molecule has 1 rings (SSSR count). The van der Waals surface area contributed by atoms with Crippen LogP contribution >= 0.6 is 15.9 Å². The van der Waals surface area contributed by atoms with E-state index in [4.69, 9.17) is 10.5 Å². The van der Waals surface area contributed by atoms with Gasteiger partial charge in [0.1, 0.15) is 5.75 Å². The van der Waals surface area contributed by atoms with Gasteiger partial charge in [-0.15, -0.1) is 0 Å². The number of halogens is 3. The van der Waals surface area contributed by atoms with E-state index in [0.717, 1.165) is 6.07 Å². The quantitative estimate of drug-likeness (QED) is 0.686. The summed E-state index contributed by atoms with van der Waals surface area (Å²) in [5.74, 6) is -0.852. The number of nitrogen functional groups attached to an aromatic ring is 1. The van der Waals surface area contributed by atoms with E-state index in [1.807, 2.05) is 0 Å². The summed E-state index contributed by atoms with van der Waals surface area (Å²) < 4.78 is 33.3. The van der Waals surface area contributed by atoms with Crippen LogP contribution in [-0.2, 0) is 4.74 Å². The fourth-order valence-corrected chi connectivity index (χ4v) is 1.58. The molecule has 0 unspecified atom stereocenters. The lowest BCUT2D eigenvalue weighted by molar-refractivity contribution is -0.0499. The molecule has 1 aromatic carbocycles. The SMILES string of the molecule is CCOC(=O)c1cc(OC(F)F)cc(Br)c1N. The van der Waals surface area contributed by atoms with Gasteiger partial charge in [-0.25, -0.2) is 4.79 Å². The van der Waals surface area contributed by atoms with Gasteiger partial charge in [0.05, 0.1) is 17.9 Å². The Morgan fingerprint density at radius 2 is 2.18 bits per heavy atom. The van der Waals surface area contributed by atoms with Gasteiger partial charge in [0.2, 0.25) is 0 Å². The maximum atomic E-state index is 12.0. The number of carbonyl (C=O) groups is 1. The number of nitrogens with two attached hydrogens (primary N) is 1. The Morgan fingerprint density at radius 1 is 1.53 bits per heavy atom. The maximum absolute atomic E-state index is 12.0. The zero-order valence-electron chi connectivity index (χ0n) is 8.88. The molecule has 0 atom stereocenters. The minimum absolute atomic E-state index is 0.0168. The smallest absolute Gasteiger partial charge is 0.387 e. The highest BCUT2D eigenvalue weighted by Gasteiger charge is 2.16. The lowest BCUT2D eigenvalue weighted by atomic mass is 10.1. The first-order valence-electron chi connectivity index (χ1n) is 4.66. The second kappa shape index (κ2) is 5.81. The zero-order chi connectivity index (χ0) is 13.0. The van der Waals surface area contributed by atoms with Gasteiger partial charge in [0.15, 0.2) is 0 Å². The third-order valence-corrected chi connectivity index (χ3v) is 2.48. The summed E-state index contributed by atoms with van der Waals surface area (Å²) in [6.45, 7) is -1.18. The topological polar surface area (TPSA) is 61.5 Å². The van der Waals surface area contributed by atoms with Crippen molar-refractivity contribution in [2.75, 3.05) is 12.3 Å². The number of benzene rings is 1. The fourth-order valence-electron chi connectivity index (χ4n) is 1.14. The van der Waals surface area contributed by atoms with Crippen molar-refractivity contribution in [3.8, 4) is 5.75 Å². The maximum Gasteiger partial charge on any atom is 0.387 e. The first-order chi connectivity index (χ1) is 7.95. The number of ether oxygens (including phenoxy) is 2. The summed E-state index contributed by atoms with van der Waals surface area (Å²) in [5.41, 5.74) is 5.72. The molecule has 17 heavy (non-hydrogen) atoms. The van der Waals surface area contributed by atoms with E-state index < -0.39 is 12.6 Å². The Balaban J connectivity index is 3.10.